The van der Waals surface area contributed by atoms with Gasteiger partial charge in [-0.15, -0.1) is 0 Å². The van der Waals surface area contributed by atoms with E-state index in [4.69, 9.17) is 4.74 Å². The first-order valence-corrected chi connectivity index (χ1v) is 8.92. The fourth-order valence-corrected chi connectivity index (χ4v) is 3.16. The van der Waals surface area contributed by atoms with Gasteiger partial charge < -0.3 is 10.1 Å². The Bertz CT molecular complexity index is 901. The minimum atomic E-state index is -1.07. The molecule has 3 amide bonds. The molecule has 0 aromatic heterocycles. The quantitative estimate of drug-likeness (QED) is 0.614. The van der Waals surface area contributed by atoms with Crippen LogP contribution in [-0.4, -0.2) is 41.2 Å². The number of imide groups is 1. The summed E-state index contributed by atoms with van der Waals surface area (Å²) in [7, 11) is 0. The van der Waals surface area contributed by atoms with E-state index in [2.05, 4.69) is 5.32 Å². The molecular weight excluding hydrogens is 360 g/mol. The Morgan fingerprint density at radius 1 is 1.00 bits per heavy atom. The summed E-state index contributed by atoms with van der Waals surface area (Å²) in [6.45, 7) is 3.21. The summed E-state index contributed by atoms with van der Waals surface area (Å²) in [5, 5.41) is 2.66. The number of hydrogen-bond donors (Lipinski definition) is 1. The Morgan fingerprint density at radius 3 is 2.07 bits per heavy atom. The van der Waals surface area contributed by atoms with Gasteiger partial charge in [-0.3, -0.25) is 19.3 Å². The van der Waals surface area contributed by atoms with E-state index in [1.54, 1.807) is 55.5 Å². The first kappa shape index (κ1) is 19.3. The topological polar surface area (TPSA) is 92.8 Å². The third-order valence-electron chi connectivity index (χ3n) is 4.40. The van der Waals surface area contributed by atoms with E-state index in [1.807, 2.05) is 0 Å². The molecular formula is C21H20N2O5. The molecule has 0 fully saturated rings. The number of carbonyl (C=O) groups is 4. The van der Waals surface area contributed by atoms with Crippen LogP contribution >= 0.6 is 0 Å². The van der Waals surface area contributed by atoms with E-state index in [-0.39, 0.29) is 30.1 Å². The number of nitrogens with one attached hydrogen (secondary N) is 1. The number of esters is 1. The maximum atomic E-state index is 12.8. The number of anilines is 1. The van der Waals surface area contributed by atoms with Gasteiger partial charge in [0.15, 0.2) is 0 Å². The largest absolute Gasteiger partial charge is 0.464 e. The molecule has 28 heavy (non-hydrogen) atoms. The van der Waals surface area contributed by atoms with E-state index in [0.717, 1.165) is 10.5 Å². The van der Waals surface area contributed by atoms with Crippen molar-refractivity contribution in [1.82, 2.24) is 4.90 Å². The van der Waals surface area contributed by atoms with Gasteiger partial charge in [0.05, 0.1) is 17.7 Å². The smallest absolute Gasteiger partial charge is 0.329 e. The van der Waals surface area contributed by atoms with Crippen LogP contribution in [0.15, 0.2) is 48.5 Å². The maximum absolute atomic E-state index is 12.8. The third kappa shape index (κ3) is 3.78. The number of benzene rings is 2. The van der Waals surface area contributed by atoms with Gasteiger partial charge in [0.25, 0.3) is 11.8 Å². The average molecular weight is 380 g/mol. The minimum absolute atomic E-state index is 0.116. The molecule has 0 aliphatic carbocycles. The van der Waals surface area contributed by atoms with Crippen LogP contribution in [0, 0.1) is 0 Å². The van der Waals surface area contributed by atoms with Crippen LogP contribution in [0.25, 0.3) is 0 Å². The molecule has 2 aromatic carbocycles. The van der Waals surface area contributed by atoms with E-state index in [9.17, 15) is 19.2 Å². The van der Waals surface area contributed by atoms with Crippen molar-refractivity contribution in [3.8, 4) is 0 Å². The number of amides is 3. The number of hydrogen-bond acceptors (Lipinski definition) is 5. The Morgan fingerprint density at radius 2 is 1.57 bits per heavy atom. The second kappa shape index (κ2) is 8.04. The molecule has 7 heteroatoms. The number of nitrogens with zero attached hydrogens (tertiary/aromatic N) is 1. The molecule has 0 saturated heterocycles. The molecule has 0 radical (unpaired) electrons. The highest BCUT2D eigenvalue weighted by atomic mass is 16.5. The first-order valence-electron chi connectivity index (χ1n) is 8.92. The monoisotopic (exact) mass is 380 g/mol. The van der Waals surface area contributed by atoms with Crippen molar-refractivity contribution in [2.75, 3.05) is 11.9 Å². The molecule has 144 valence electrons. The van der Waals surface area contributed by atoms with Crippen LogP contribution in [0.2, 0.25) is 0 Å². The van der Waals surface area contributed by atoms with Crippen LogP contribution < -0.4 is 5.32 Å². The van der Waals surface area contributed by atoms with Gasteiger partial charge in [0.2, 0.25) is 5.91 Å². The predicted molar refractivity (Wildman–Crippen MR) is 102 cm³/mol. The van der Waals surface area contributed by atoms with Gasteiger partial charge in [-0.2, -0.15) is 0 Å². The fourth-order valence-electron chi connectivity index (χ4n) is 3.16. The molecule has 1 aliphatic heterocycles. The number of carbonyl (C=O) groups excluding carboxylic acids is 4. The molecule has 3 rings (SSSR count). The highest BCUT2D eigenvalue weighted by molar-refractivity contribution is 6.22. The lowest BCUT2D eigenvalue weighted by Gasteiger charge is -2.24. The lowest BCUT2D eigenvalue weighted by atomic mass is 10.0. The van der Waals surface area contributed by atoms with Crippen molar-refractivity contribution in [2.24, 2.45) is 0 Å². The second-order valence-corrected chi connectivity index (χ2v) is 6.38. The lowest BCUT2D eigenvalue weighted by molar-refractivity contribution is -0.147. The first-order chi connectivity index (χ1) is 13.4. The molecule has 0 unspecified atom stereocenters. The van der Waals surface area contributed by atoms with Gasteiger partial charge in [-0.25, -0.2) is 4.79 Å². The van der Waals surface area contributed by atoms with E-state index in [1.165, 1.54) is 6.92 Å². The predicted octanol–water partition coefficient (Wildman–Crippen LogP) is 2.42. The van der Waals surface area contributed by atoms with Crippen molar-refractivity contribution in [3.63, 3.8) is 0 Å². The van der Waals surface area contributed by atoms with Gasteiger partial charge in [0, 0.05) is 19.0 Å². The van der Waals surface area contributed by atoms with Gasteiger partial charge in [-0.1, -0.05) is 24.3 Å². The average Bonchev–Trinajstić information content (AvgIpc) is 2.92. The van der Waals surface area contributed by atoms with Gasteiger partial charge in [-0.05, 0) is 36.8 Å². The van der Waals surface area contributed by atoms with Crippen LogP contribution in [0.4, 0.5) is 5.69 Å². The summed E-state index contributed by atoms with van der Waals surface area (Å²) in [5.74, 6) is -1.84. The molecule has 0 spiro atoms. The van der Waals surface area contributed by atoms with Gasteiger partial charge >= 0.3 is 5.97 Å². The van der Waals surface area contributed by atoms with Crippen molar-refractivity contribution < 1.29 is 23.9 Å². The lowest BCUT2D eigenvalue weighted by Crippen LogP contribution is -2.47. The zero-order valence-electron chi connectivity index (χ0n) is 15.6. The summed E-state index contributed by atoms with van der Waals surface area (Å²) < 4.78 is 5.12. The Balaban J connectivity index is 1.88. The summed E-state index contributed by atoms with van der Waals surface area (Å²) in [5.41, 5.74) is 1.90. The summed E-state index contributed by atoms with van der Waals surface area (Å²) >= 11 is 0. The summed E-state index contributed by atoms with van der Waals surface area (Å²) in [4.78, 5) is 50.2. The standard InChI is InChI=1S/C21H20N2O5/c1-3-28-21(27)18(12-14-8-10-15(11-9-14)22-13(2)24)23-19(25)16-6-4-5-7-17(16)20(23)26/h4-11,18H,3,12H2,1-2H3,(H,22,24)/t18-/m0/s1. The van der Waals surface area contributed by atoms with E-state index >= 15 is 0 Å². The number of rotatable bonds is 6. The fraction of sp³-hybridized carbons (Fsp3) is 0.238. The highest BCUT2D eigenvalue weighted by Crippen LogP contribution is 2.26. The van der Waals surface area contributed by atoms with E-state index < -0.39 is 23.8 Å². The van der Waals surface area contributed by atoms with Gasteiger partial charge in [0.1, 0.15) is 6.04 Å². The SMILES string of the molecule is CCOC(=O)[C@H](Cc1ccc(NC(C)=O)cc1)N1C(=O)c2ccccc2C1=O. The molecule has 1 heterocycles. The maximum Gasteiger partial charge on any atom is 0.329 e. The Labute approximate surface area is 162 Å². The summed E-state index contributed by atoms with van der Waals surface area (Å²) in [6, 6.07) is 12.3. The Hall–Kier alpha value is -3.48. The molecule has 1 N–H and O–H groups in total. The van der Waals surface area contributed by atoms with Crippen LogP contribution in [-0.2, 0) is 20.7 Å². The molecule has 2 aromatic rings. The van der Waals surface area contributed by atoms with E-state index in [0.29, 0.717) is 5.69 Å². The third-order valence-corrected chi connectivity index (χ3v) is 4.40. The molecule has 1 aliphatic rings. The Kier molecular flexibility index (Phi) is 5.54. The van der Waals surface area contributed by atoms with Crippen molar-refractivity contribution in [2.45, 2.75) is 26.3 Å². The van der Waals surface area contributed by atoms with Crippen LogP contribution in [0.1, 0.15) is 40.1 Å². The minimum Gasteiger partial charge on any atom is -0.464 e. The molecule has 1 atom stereocenters. The van der Waals surface area contributed by atoms with Crippen LogP contribution in [0.5, 0.6) is 0 Å². The number of fused-ring (bicyclic) bond motifs is 1. The van der Waals surface area contributed by atoms with Crippen molar-refractivity contribution in [3.05, 3.63) is 65.2 Å². The molecule has 0 saturated carbocycles. The molecule has 7 nitrogen and oxygen atoms in total. The zero-order valence-corrected chi connectivity index (χ0v) is 15.6. The summed E-state index contributed by atoms with van der Waals surface area (Å²) in [6.07, 6.45) is 0.116. The highest BCUT2D eigenvalue weighted by Gasteiger charge is 2.43. The van der Waals surface area contributed by atoms with Crippen LogP contribution in [0.3, 0.4) is 0 Å². The normalized spacial score (nSPS) is 13.9. The molecule has 0 bridgehead atoms. The number of ether oxygens (including phenoxy) is 1. The van der Waals surface area contributed by atoms with Crippen molar-refractivity contribution in [1.29, 1.82) is 0 Å². The second-order valence-electron chi connectivity index (χ2n) is 6.38. The zero-order chi connectivity index (χ0) is 20.3. The van der Waals surface area contributed by atoms with Crippen molar-refractivity contribution >= 4 is 29.4 Å².